The molecule has 7 nitrogen and oxygen atoms in total. The number of rotatable bonds is 8. The predicted octanol–water partition coefficient (Wildman–Crippen LogP) is 4.08. The van der Waals surface area contributed by atoms with Crippen LogP contribution in [0.1, 0.15) is 31.1 Å². The van der Waals surface area contributed by atoms with Gasteiger partial charge in [-0.1, -0.05) is 17.7 Å². The number of hydrogen-bond acceptors (Lipinski definition) is 6. The third-order valence-electron chi connectivity index (χ3n) is 5.06. The highest BCUT2D eigenvalue weighted by molar-refractivity contribution is 6.34. The number of nitrogens with zero attached hydrogens (tertiary/aromatic N) is 2. The van der Waals surface area contributed by atoms with E-state index in [0.29, 0.717) is 79.5 Å². The van der Waals surface area contributed by atoms with Crippen LogP contribution in [0.15, 0.2) is 30.3 Å². The molecule has 1 saturated heterocycles. The van der Waals surface area contributed by atoms with E-state index in [1.807, 2.05) is 43.9 Å². The summed E-state index contributed by atoms with van der Waals surface area (Å²) in [5.41, 5.74) is 8.10. The minimum Gasteiger partial charge on any atom is -0.490 e. The molecular weight excluding hydrogens is 418 g/mol. The first-order chi connectivity index (χ1) is 15.0. The van der Waals surface area contributed by atoms with Gasteiger partial charge in [0.05, 0.1) is 36.2 Å². The van der Waals surface area contributed by atoms with Gasteiger partial charge in [0.2, 0.25) is 5.75 Å². The zero-order valence-corrected chi connectivity index (χ0v) is 19.1. The number of carbonyl (C=O) groups excluding carboxylic acids is 1. The van der Waals surface area contributed by atoms with Crippen LogP contribution >= 0.6 is 11.6 Å². The van der Waals surface area contributed by atoms with Gasteiger partial charge in [-0.15, -0.1) is 0 Å². The molecule has 2 N–H and O–H groups in total. The van der Waals surface area contributed by atoms with Crippen molar-refractivity contribution in [3.8, 4) is 17.2 Å². The highest BCUT2D eigenvalue weighted by atomic mass is 35.5. The Bertz CT molecular complexity index is 866. The third-order valence-corrected chi connectivity index (χ3v) is 5.36. The van der Waals surface area contributed by atoms with Crippen molar-refractivity contribution in [1.29, 1.82) is 0 Å². The van der Waals surface area contributed by atoms with E-state index >= 15 is 0 Å². The smallest absolute Gasteiger partial charge is 0.254 e. The first kappa shape index (κ1) is 22.9. The summed E-state index contributed by atoms with van der Waals surface area (Å²) in [6.07, 6.45) is 0. The summed E-state index contributed by atoms with van der Waals surface area (Å²) >= 11 is 6.35. The molecule has 1 fully saturated rings. The van der Waals surface area contributed by atoms with Crippen molar-refractivity contribution in [2.45, 2.75) is 20.8 Å². The molecule has 0 aliphatic carbocycles. The Hall–Kier alpha value is -2.80. The average molecular weight is 448 g/mol. The van der Waals surface area contributed by atoms with Gasteiger partial charge in [-0.05, 0) is 45.0 Å². The van der Waals surface area contributed by atoms with Gasteiger partial charge < -0.3 is 29.7 Å². The maximum atomic E-state index is 13.3. The standard InChI is InChI=1S/C23H30ClN3O4/c1-4-29-19-14-16(15-20(30-5-2)22(19)31-6-3)23(28)27-12-10-26(11-13-27)21-17(24)8-7-9-18(21)25/h7-9,14-15H,4-6,10-13,25H2,1-3H3. The van der Waals surface area contributed by atoms with Gasteiger partial charge in [-0.25, -0.2) is 0 Å². The van der Waals surface area contributed by atoms with E-state index < -0.39 is 0 Å². The molecule has 1 amide bonds. The summed E-state index contributed by atoms with van der Waals surface area (Å²) in [4.78, 5) is 17.2. The molecule has 1 aliphatic rings. The van der Waals surface area contributed by atoms with Crippen molar-refractivity contribution in [1.82, 2.24) is 4.90 Å². The number of amides is 1. The normalized spacial score (nSPS) is 13.8. The van der Waals surface area contributed by atoms with E-state index in [9.17, 15) is 4.79 Å². The molecule has 31 heavy (non-hydrogen) atoms. The number of para-hydroxylation sites is 1. The number of anilines is 2. The van der Waals surface area contributed by atoms with Crippen molar-refractivity contribution in [2.24, 2.45) is 0 Å². The minimum absolute atomic E-state index is 0.0725. The monoisotopic (exact) mass is 447 g/mol. The lowest BCUT2D eigenvalue weighted by Gasteiger charge is -2.37. The SMILES string of the molecule is CCOc1cc(C(=O)N2CCN(c3c(N)cccc3Cl)CC2)cc(OCC)c1OCC. The Morgan fingerprint density at radius 3 is 2.06 bits per heavy atom. The molecule has 1 heterocycles. The van der Waals surface area contributed by atoms with Gasteiger partial charge in [-0.2, -0.15) is 0 Å². The number of halogens is 1. The summed E-state index contributed by atoms with van der Waals surface area (Å²) in [7, 11) is 0. The van der Waals surface area contributed by atoms with Gasteiger partial charge in [0.25, 0.3) is 5.91 Å². The molecule has 0 spiro atoms. The quantitative estimate of drug-likeness (QED) is 0.614. The van der Waals surface area contributed by atoms with E-state index in [4.69, 9.17) is 31.5 Å². The van der Waals surface area contributed by atoms with Gasteiger partial charge >= 0.3 is 0 Å². The van der Waals surface area contributed by atoms with E-state index in [1.165, 1.54) is 0 Å². The molecule has 2 aromatic carbocycles. The number of piperazine rings is 1. The summed E-state index contributed by atoms with van der Waals surface area (Å²) < 4.78 is 17.2. The fourth-order valence-corrected chi connectivity index (χ4v) is 3.99. The Labute approximate surface area is 188 Å². The molecule has 0 aromatic heterocycles. The van der Waals surface area contributed by atoms with Crippen molar-refractivity contribution >= 4 is 28.9 Å². The van der Waals surface area contributed by atoms with Crippen LogP contribution in [-0.4, -0.2) is 56.8 Å². The van der Waals surface area contributed by atoms with E-state index in [1.54, 1.807) is 12.1 Å². The maximum Gasteiger partial charge on any atom is 0.254 e. The second kappa shape index (κ2) is 10.5. The van der Waals surface area contributed by atoms with Gasteiger partial charge in [0.15, 0.2) is 11.5 Å². The van der Waals surface area contributed by atoms with E-state index in [-0.39, 0.29) is 5.91 Å². The van der Waals surface area contributed by atoms with Gasteiger partial charge in [0, 0.05) is 31.7 Å². The molecule has 8 heteroatoms. The minimum atomic E-state index is -0.0725. The van der Waals surface area contributed by atoms with E-state index in [0.717, 1.165) is 5.69 Å². The Kier molecular flexibility index (Phi) is 7.74. The van der Waals surface area contributed by atoms with E-state index in [2.05, 4.69) is 4.90 Å². The largest absolute Gasteiger partial charge is 0.490 e. The molecule has 0 saturated carbocycles. The lowest BCUT2D eigenvalue weighted by molar-refractivity contribution is 0.0745. The maximum absolute atomic E-state index is 13.3. The zero-order valence-electron chi connectivity index (χ0n) is 18.3. The van der Waals surface area contributed by atoms with Crippen LogP contribution in [0.5, 0.6) is 17.2 Å². The van der Waals surface area contributed by atoms with Crippen LogP contribution in [0.4, 0.5) is 11.4 Å². The molecule has 168 valence electrons. The molecule has 0 bridgehead atoms. The third kappa shape index (κ3) is 5.10. The fourth-order valence-electron chi connectivity index (χ4n) is 3.69. The summed E-state index contributed by atoms with van der Waals surface area (Å²) in [6.45, 7) is 9.49. The number of hydrogen-bond donors (Lipinski definition) is 1. The molecule has 0 atom stereocenters. The summed E-state index contributed by atoms with van der Waals surface area (Å²) in [6, 6.07) is 8.97. The van der Waals surface area contributed by atoms with Crippen LogP contribution in [0.25, 0.3) is 0 Å². The van der Waals surface area contributed by atoms with Crippen molar-refractivity contribution in [3.63, 3.8) is 0 Å². The lowest BCUT2D eigenvalue weighted by atomic mass is 10.1. The average Bonchev–Trinajstić information content (AvgIpc) is 2.76. The van der Waals surface area contributed by atoms with Crippen molar-refractivity contribution in [2.75, 3.05) is 56.6 Å². The fraction of sp³-hybridized carbons (Fsp3) is 0.435. The van der Waals surface area contributed by atoms with Crippen LogP contribution in [-0.2, 0) is 0 Å². The number of ether oxygens (including phenoxy) is 3. The number of benzene rings is 2. The Balaban J connectivity index is 1.80. The second-order valence-corrected chi connectivity index (χ2v) is 7.46. The van der Waals surface area contributed by atoms with Crippen LogP contribution in [0, 0.1) is 0 Å². The molecule has 0 radical (unpaired) electrons. The molecule has 0 unspecified atom stereocenters. The highest BCUT2D eigenvalue weighted by Gasteiger charge is 2.26. The molecule has 1 aliphatic heterocycles. The zero-order chi connectivity index (χ0) is 22.4. The number of nitrogen functional groups attached to an aromatic ring is 1. The topological polar surface area (TPSA) is 77.3 Å². The Morgan fingerprint density at radius 2 is 1.55 bits per heavy atom. The summed E-state index contributed by atoms with van der Waals surface area (Å²) in [5.74, 6) is 1.49. The first-order valence-electron chi connectivity index (χ1n) is 10.6. The first-order valence-corrected chi connectivity index (χ1v) is 11.0. The number of nitrogens with two attached hydrogens (primary N) is 1. The molecular formula is C23H30ClN3O4. The predicted molar refractivity (Wildman–Crippen MR) is 124 cm³/mol. The highest BCUT2D eigenvalue weighted by Crippen LogP contribution is 2.39. The van der Waals surface area contributed by atoms with Crippen molar-refractivity contribution in [3.05, 3.63) is 40.9 Å². The lowest BCUT2D eigenvalue weighted by Crippen LogP contribution is -2.49. The summed E-state index contributed by atoms with van der Waals surface area (Å²) in [5, 5.41) is 0.619. The Morgan fingerprint density at radius 1 is 0.968 bits per heavy atom. The van der Waals surface area contributed by atoms with Gasteiger partial charge in [0.1, 0.15) is 0 Å². The van der Waals surface area contributed by atoms with Crippen LogP contribution < -0.4 is 24.8 Å². The van der Waals surface area contributed by atoms with Crippen LogP contribution in [0.3, 0.4) is 0 Å². The van der Waals surface area contributed by atoms with Gasteiger partial charge in [-0.3, -0.25) is 4.79 Å². The number of carbonyl (C=O) groups is 1. The van der Waals surface area contributed by atoms with Crippen LogP contribution in [0.2, 0.25) is 5.02 Å². The molecule has 2 aromatic rings. The molecule has 3 rings (SSSR count). The second-order valence-electron chi connectivity index (χ2n) is 7.06. The van der Waals surface area contributed by atoms with Crippen molar-refractivity contribution < 1.29 is 19.0 Å².